The monoisotopic (exact) mass is 303 g/mol. The van der Waals surface area contributed by atoms with Crippen LogP contribution in [-0.2, 0) is 9.53 Å². The molecule has 1 aliphatic rings. The maximum atomic E-state index is 14.0. The number of ether oxygens (including phenoxy) is 1. The number of carbonyl (C=O) groups is 1. The summed E-state index contributed by atoms with van der Waals surface area (Å²) in [5.74, 6) is -0.843. The molecule has 2 atom stereocenters. The lowest BCUT2D eigenvalue weighted by Crippen LogP contribution is -2.32. The van der Waals surface area contributed by atoms with Crippen LogP contribution >= 0.6 is 0 Å². The van der Waals surface area contributed by atoms with Gasteiger partial charge in [0.25, 0.3) is 0 Å². The molecule has 0 amide bonds. The molecule has 0 saturated heterocycles. The molecule has 0 saturated carbocycles. The molecule has 0 fully saturated rings. The van der Waals surface area contributed by atoms with Crippen molar-refractivity contribution in [2.75, 3.05) is 14.1 Å². The Morgan fingerprint density at radius 1 is 1.27 bits per heavy atom. The van der Waals surface area contributed by atoms with E-state index in [9.17, 15) is 9.18 Å². The van der Waals surface area contributed by atoms with Crippen molar-refractivity contribution in [1.82, 2.24) is 4.90 Å². The predicted octanol–water partition coefficient (Wildman–Crippen LogP) is 3.64. The molecule has 0 unspecified atom stereocenters. The number of hydrogen-bond donors (Lipinski definition) is 0. The molecule has 4 heteroatoms. The zero-order valence-corrected chi connectivity index (χ0v) is 13.3. The van der Waals surface area contributed by atoms with Crippen molar-refractivity contribution < 1.29 is 13.9 Å². The SMILES string of the molecule is C[C@H](OC(=O)[C@@H](c1ccccc1F)N(C)C)C1=CCCC=C1. The molecular weight excluding hydrogens is 281 g/mol. The molecule has 2 rings (SSSR count). The number of hydrogen-bond acceptors (Lipinski definition) is 3. The third-order valence-electron chi connectivity index (χ3n) is 3.73. The van der Waals surface area contributed by atoms with E-state index in [0.29, 0.717) is 5.56 Å². The van der Waals surface area contributed by atoms with E-state index in [2.05, 4.69) is 12.2 Å². The minimum absolute atomic E-state index is 0.331. The van der Waals surface area contributed by atoms with Crippen molar-refractivity contribution in [3.8, 4) is 0 Å². The molecule has 22 heavy (non-hydrogen) atoms. The first-order valence-electron chi connectivity index (χ1n) is 7.48. The van der Waals surface area contributed by atoms with Gasteiger partial charge in [-0.2, -0.15) is 0 Å². The molecule has 1 aliphatic carbocycles. The van der Waals surface area contributed by atoms with Gasteiger partial charge in [0, 0.05) is 5.56 Å². The Hall–Kier alpha value is -1.94. The third kappa shape index (κ3) is 3.83. The van der Waals surface area contributed by atoms with Crippen LogP contribution in [0.25, 0.3) is 0 Å². The highest BCUT2D eigenvalue weighted by molar-refractivity contribution is 5.78. The summed E-state index contributed by atoms with van der Waals surface area (Å²) in [5, 5.41) is 0. The molecule has 0 N–H and O–H groups in total. The molecule has 3 nitrogen and oxygen atoms in total. The highest BCUT2D eigenvalue weighted by atomic mass is 19.1. The van der Waals surface area contributed by atoms with E-state index >= 15 is 0 Å². The fourth-order valence-electron chi connectivity index (χ4n) is 2.55. The van der Waals surface area contributed by atoms with Gasteiger partial charge in [-0.15, -0.1) is 0 Å². The van der Waals surface area contributed by atoms with Gasteiger partial charge in [-0.1, -0.05) is 36.4 Å². The van der Waals surface area contributed by atoms with Crippen molar-refractivity contribution in [3.63, 3.8) is 0 Å². The van der Waals surface area contributed by atoms with Crippen molar-refractivity contribution in [1.29, 1.82) is 0 Å². The summed E-state index contributed by atoms with van der Waals surface area (Å²) < 4.78 is 19.6. The second-order valence-corrected chi connectivity index (χ2v) is 5.65. The highest BCUT2D eigenvalue weighted by Crippen LogP contribution is 2.25. The topological polar surface area (TPSA) is 29.5 Å². The maximum absolute atomic E-state index is 14.0. The summed E-state index contributed by atoms with van der Waals surface area (Å²) in [6.07, 6.45) is 7.76. The summed E-state index contributed by atoms with van der Waals surface area (Å²) in [4.78, 5) is 14.2. The molecule has 1 aromatic carbocycles. The largest absolute Gasteiger partial charge is 0.456 e. The van der Waals surface area contributed by atoms with E-state index < -0.39 is 17.8 Å². The Labute approximate surface area is 131 Å². The van der Waals surface area contributed by atoms with Gasteiger partial charge in [-0.25, -0.2) is 9.18 Å². The molecule has 1 aromatic rings. The Kier molecular flexibility index (Phi) is 5.50. The number of nitrogens with zero attached hydrogens (tertiary/aromatic N) is 1. The average Bonchev–Trinajstić information content (AvgIpc) is 2.50. The maximum Gasteiger partial charge on any atom is 0.328 e. The second kappa shape index (κ2) is 7.36. The molecule has 0 radical (unpaired) electrons. The smallest absolute Gasteiger partial charge is 0.328 e. The third-order valence-corrected chi connectivity index (χ3v) is 3.73. The van der Waals surface area contributed by atoms with Crippen LogP contribution in [0.15, 0.2) is 48.1 Å². The fraction of sp³-hybridized carbons (Fsp3) is 0.389. The lowest BCUT2D eigenvalue weighted by molar-refractivity contribution is -0.152. The Morgan fingerprint density at radius 3 is 2.59 bits per heavy atom. The predicted molar refractivity (Wildman–Crippen MR) is 84.8 cm³/mol. The van der Waals surface area contributed by atoms with Gasteiger partial charge in [0.15, 0.2) is 0 Å². The average molecular weight is 303 g/mol. The van der Waals surface area contributed by atoms with Crippen LogP contribution in [0.4, 0.5) is 4.39 Å². The summed E-state index contributed by atoms with van der Waals surface area (Å²) in [7, 11) is 3.48. The van der Waals surface area contributed by atoms with E-state index in [-0.39, 0.29) is 6.10 Å². The number of carbonyl (C=O) groups excluding carboxylic acids is 1. The zero-order valence-electron chi connectivity index (χ0n) is 13.3. The minimum atomic E-state index is -0.753. The summed E-state index contributed by atoms with van der Waals surface area (Å²) in [5.41, 5.74) is 1.32. The first kappa shape index (κ1) is 16.4. The first-order chi connectivity index (χ1) is 10.5. The molecule has 0 aliphatic heterocycles. The van der Waals surface area contributed by atoms with Crippen molar-refractivity contribution in [2.24, 2.45) is 0 Å². The molecule has 0 spiro atoms. The van der Waals surface area contributed by atoms with E-state index in [1.807, 2.05) is 13.0 Å². The minimum Gasteiger partial charge on any atom is -0.456 e. The highest BCUT2D eigenvalue weighted by Gasteiger charge is 2.28. The van der Waals surface area contributed by atoms with Gasteiger partial charge in [-0.05, 0) is 45.5 Å². The van der Waals surface area contributed by atoms with Crippen LogP contribution in [0.5, 0.6) is 0 Å². The van der Waals surface area contributed by atoms with E-state index in [0.717, 1.165) is 18.4 Å². The number of benzene rings is 1. The number of rotatable bonds is 5. The Balaban J connectivity index is 2.15. The van der Waals surface area contributed by atoms with Gasteiger partial charge in [-0.3, -0.25) is 4.90 Å². The number of likely N-dealkylation sites (N-methyl/N-ethyl adjacent to an activating group) is 1. The number of allylic oxidation sites excluding steroid dienone is 2. The van der Waals surface area contributed by atoms with E-state index in [1.165, 1.54) is 6.07 Å². The normalized spacial score (nSPS) is 17.0. The fourth-order valence-corrected chi connectivity index (χ4v) is 2.55. The van der Waals surface area contributed by atoms with Gasteiger partial charge < -0.3 is 4.74 Å². The number of esters is 1. The summed E-state index contributed by atoms with van der Waals surface area (Å²) >= 11 is 0. The van der Waals surface area contributed by atoms with Gasteiger partial charge >= 0.3 is 5.97 Å². The van der Waals surface area contributed by atoms with Crippen LogP contribution in [-0.4, -0.2) is 31.1 Å². The van der Waals surface area contributed by atoms with Crippen LogP contribution in [0, 0.1) is 5.82 Å². The van der Waals surface area contributed by atoms with Gasteiger partial charge in [0.05, 0.1) is 0 Å². The summed E-state index contributed by atoms with van der Waals surface area (Å²) in [6, 6.07) is 5.55. The van der Waals surface area contributed by atoms with Gasteiger partial charge in [0.2, 0.25) is 0 Å². The van der Waals surface area contributed by atoms with Crippen LogP contribution in [0.1, 0.15) is 31.4 Å². The lowest BCUT2D eigenvalue weighted by Gasteiger charge is -2.26. The van der Waals surface area contributed by atoms with Crippen LogP contribution in [0.2, 0.25) is 0 Å². The quantitative estimate of drug-likeness (QED) is 0.778. The Bertz CT molecular complexity index is 593. The summed E-state index contributed by atoms with van der Waals surface area (Å²) in [6.45, 7) is 1.84. The molecule has 0 bridgehead atoms. The number of halogens is 1. The molecular formula is C18H22FNO2. The standard InChI is InChI=1S/C18H22FNO2/c1-13(14-9-5-4-6-10-14)22-18(21)17(20(2)3)15-11-7-8-12-16(15)19/h5,7-13,17H,4,6H2,1-3H3/t13-,17+/m0/s1. The van der Waals surface area contributed by atoms with Crippen LogP contribution in [0.3, 0.4) is 0 Å². The van der Waals surface area contributed by atoms with Gasteiger partial charge in [0.1, 0.15) is 18.0 Å². The molecule has 118 valence electrons. The van der Waals surface area contributed by atoms with Crippen molar-refractivity contribution in [2.45, 2.75) is 31.9 Å². The van der Waals surface area contributed by atoms with Crippen LogP contribution < -0.4 is 0 Å². The molecule has 0 aromatic heterocycles. The second-order valence-electron chi connectivity index (χ2n) is 5.65. The molecule has 0 heterocycles. The van der Waals surface area contributed by atoms with E-state index in [1.54, 1.807) is 37.2 Å². The zero-order chi connectivity index (χ0) is 16.1. The first-order valence-corrected chi connectivity index (χ1v) is 7.48. The lowest BCUT2D eigenvalue weighted by atomic mass is 10.0. The van der Waals surface area contributed by atoms with Crippen molar-refractivity contribution in [3.05, 3.63) is 59.4 Å². The Morgan fingerprint density at radius 2 is 2.00 bits per heavy atom. The van der Waals surface area contributed by atoms with Crippen molar-refractivity contribution >= 4 is 5.97 Å². The van der Waals surface area contributed by atoms with E-state index in [4.69, 9.17) is 4.74 Å².